The Balaban J connectivity index is 1.68. The molecule has 5 rings (SSSR count). The van der Waals surface area contributed by atoms with E-state index >= 15 is 0 Å². The lowest BCUT2D eigenvalue weighted by molar-refractivity contribution is -0.133. The van der Waals surface area contributed by atoms with Crippen LogP contribution in [0, 0.1) is 5.95 Å². The first-order valence-electron chi connectivity index (χ1n) is 9.99. The number of likely N-dealkylation sites (N-methyl/N-ethyl adjacent to an activating group) is 1. The van der Waals surface area contributed by atoms with Crippen molar-refractivity contribution in [3.8, 4) is 11.1 Å². The first-order valence-corrected chi connectivity index (χ1v) is 9.99. The number of amides is 2. The highest BCUT2D eigenvalue weighted by Gasteiger charge is 2.52. The van der Waals surface area contributed by atoms with Crippen molar-refractivity contribution in [1.29, 1.82) is 0 Å². The molecular formula is C23H21FN4O2. The molecule has 152 valence electrons. The lowest BCUT2D eigenvalue weighted by Gasteiger charge is -2.38. The number of anilines is 1. The summed E-state index contributed by atoms with van der Waals surface area (Å²) in [6.45, 7) is 2.68. The zero-order chi connectivity index (χ0) is 21.0. The van der Waals surface area contributed by atoms with Crippen molar-refractivity contribution in [2.45, 2.75) is 25.2 Å². The van der Waals surface area contributed by atoms with E-state index in [2.05, 4.69) is 9.97 Å². The van der Waals surface area contributed by atoms with Crippen LogP contribution in [0.3, 0.4) is 0 Å². The molecule has 0 unspecified atom stereocenters. The Labute approximate surface area is 173 Å². The summed E-state index contributed by atoms with van der Waals surface area (Å²) < 4.78 is 13.3. The van der Waals surface area contributed by atoms with E-state index in [0.29, 0.717) is 25.9 Å². The lowest BCUT2D eigenvalue weighted by atomic mass is 9.72. The molecule has 1 fully saturated rings. The number of rotatable bonds is 1. The van der Waals surface area contributed by atoms with Crippen LogP contribution in [0.25, 0.3) is 22.0 Å². The van der Waals surface area contributed by atoms with Gasteiger partial charge in [-0.25, -0.2) is 4.98 Å². The summed E-state index contributed by atoms with van der Waals surface area (Å²) in [7, 11) is 1.79. The minimum atomic E-state index is -0.656. The van der Waals surface area contributed by atoms with Gasteiger partial charge in [-0.3, -0.25) is 14.6 Å². The Bertz CT molecular complexity index is 1180. The van der Waals surface area contributed by atoms with Crippen molar-refractivity contribution in [2.75, 3.05) is 25.0 Å². The number of carbonyl (C=O) groups is 2. The summed E-state index contributed by atoms with van der Waals surface area (Å²) in [6.07, 6.45) is 4.45. The number of pyridine rings is 2. The summed E-state index contributed by atoms with van der Waals surface area (Å²) >= 11 is 0. The van der Waals surface area contributed by atoms with Gasteiger partial charge in [0.05, 0.1) is 22.8 Å². The third-order valence-electron chi connectivity index (χ3n) is 6.52. The Morgan fingerprint density at radius 2 is 1.80 bits per heavy atom. The maximum absolute atomic E-state index is 13.4. The van der Waals surface area contributed by atoms with Gasteiger partial charge >= 0.3 is 0 Å². The second-order valence-corrected chi connectivity index (χ2v) is 8.07. The topological polar surface area (TPSA) is 66.4 Å². The molecule has 1 aromatic carbocycles. The van der Waals surface area contributed by atoms with E-state index in [0.717, 1.165) is 33.3 Å². The number of likely N-dealkylation sites (tertiary alicyclic amines) is 1. The van der Waals surface area contributed by atoms with Crippen LogP contribution in [-0.2, 0) is 15.0 Å². The van der Waals surface area contributed by atoms with Gasteiger partial charge in [0.1, 0.15) is 0 Å². The van der Waals surface area contributed by atoms with Gasteiger partial charge in [0.15, 0.2) is 0 Å². The van der Waals surface area contributed by atoms with E-state index in [1.54, 1.807) is 36.0 Å². The number of aromatic nitrogens is 2. The van der Waals surface area contributed by atoms with Gasteiger partial charge in [-0.05, 0) is 42.7 Å². The predicted molar refractivity (Wildman–Crippen MR) is 112 cm³/mol. The number of piperidine rings is 1. The first-order chi connectivity index (χ1) is 14.4. The van der Waals surface area contributed by atoms with Crippen molar-refractivity contribution < 1.29 is 14.0 Å². The van der Waals surface area contributed by atoms with Gasteiger partial charge in [-0.2, -0.15) is 4.39 Å². The summed E-state index contributed by atoms with van der Waals surface area (Å²) in [5, 5.41) is 0.920. The molecule has 4 heterocycles. The average Bonchev–Trinajstić information content (AvgIpc) is 2.96. The Morgan fingerprint density at radius 3 is 2.47 bits per heavy atom. The molecule has 2 aliphatic heterocycles. The highest BCUT2D eigenvalue weighted by atomic mass is 19.1. The normalized spacial score (nSPS) is 17.6. The first kappa shape index (κ1) is 18.7. The largest absolute Gasteiger partial charge is 0.343 e. The van der Waals surface area contributed by atoms with Crippen LogP contribution in [0.2, 0.25) is 0 Å². The number of halogens is 1. The minimum Gasteiger partial charge on any atom is -0.343 e. The van der Waals surface area contributed by atoms with Crippen molar-refractivity contribution in [2.24, 2.45) is 0 Å². The summed E-state index contributed by atoms with van der Waals surface area (Å²) in [6, 6.07) is 8.90. The number of nitrogens with zero attached hydrogens (tertiary/aromatic N) is 4. The maximum atomic E-state index is 13.4. The van der Waals surface area contributed by atoms with Crippen LogP contribution in [0.1, 0.15) is 25.3 Å². The molecule has 2 amide bonds. The molecule has 1 spiro atoms. The molecule has 0 N–H and O–H groups in total. The SMILES string of the molecule is CC(=O)N1CCC2(CC1)C(=O)N(C)c1cnc3ccc(-c4ccc(F)nc4)cc3c12. The van der Waals surface area contributed by atoms with Gasteiger partial charge in [-0.1, -0.05) is 6.07 Å². The zero-order valence-corrected chi connectivity index (χ0v) is 16.9. The molecule has 6 nitrogen and oxygen atoms in total. The predicted octanol–water partition coefficient (Wildman–Crippen LogP) is 3.29. The summed E-state index contributed by atoms with van der Waals surface area (Å²) in [5.41, 5.74) is 3.65. The monoisotopic (exact) mass is 404 g/mol. The van der Waals surface area contributed by atoms with Crippen molar-refractivity contribution in [1.82, 2.24) is 14.9 Å². The van der Waals surface area contributed by atoms with Crippen molar-refractivity contribution in [3.63, 3.8) is 0 Å². The zero-order valence-electron chi connectivity index (χ0n) is 16.9. The number of hydrogen-bond donors (Lipinski definition) is 0. The standard InChI is InChI=1S/C23H21FN4O2/c1-14(29)28-9-7-23(8-10-28)21-17-11-15(16-4-6-20(24)26-12-16)3-5-18(17)25-13-19(21)27(2)22(23)30/h3-6,11-13H,7-10H2,1-2H3. The number of benzene rings is 1. The van der Waals surface area contributed by atoms with E-state index in [1.165, 1.54) is 12.3 Å². The van der Waals surface area contributed by atoms with E-state index in [9.17, 15) is 14.0 Å². The van der Waals surface area contributed by atoms with Crippen LogP contribution in [0.5, 0.6) is 0 Å². The molecule has 0 aliphatic carbocycles. The Hall–Kier alpha value is -3.35. The van der Waals surface area contributed by atoms with Crippen LogP contribution in [0.4, 0.5) is 10.1 Å². The van der Waals surface area contributed by atoms with Crippen molar-refractivity contribution in [3.05, 3.63) is 54.2 Å². The van der Waals surface area contributed by atoms with Gasteiger partial charge in [-0.15, -0.1) is 0 Å². The molecule has 3 aromatic rings. The molecule has 30 heavy (non-hydrogen) atoms. The highest BCUT2D eigenvalue weighted by molar-refractivity contribution is 6.12. The van der Waals surface area contributed by atoms with Gasteiger partial charge in [0, 0.05) is 49.8 Å². The fraction of sp³-hybridized carbons (Fsp3) is 0.304. The van der Waals surface area contributed by atoms with Crippen LogP contribution in [0.15, 0.2) is 42.7 Å². The average molecular weight is 404 g/mol. The molecule has 1 saturated heterocycles. The molecule has 0 bridgehead atoms. The molecule has 0 atom stereocenters. The fourth-order valence-corrected chi connectivity index (χ4v) is 4.87. The molecule has 0 radical (unpaired) electrons. The quantitative estimate of drug-likeness (QED) is 0.584. The van der Waals surface area contributed by atoms with Gasteiger partial charge in [0.2, 0.25) is 17.8 Å². The molecular weight excluding hydrogens is 383 g/mol. The van der Waals surface area contributed by atoms with E-state index in [1.807, 2.05) is 18.2 Å². The maximum Gasteiger partial charge on any atom is 0.237 e. The number of fused-ring (bicyclic) bond motifs is 4. The van der Waals surface area contributed by atoms with E-state index in [-0.39, 0.29) is 11.8 Å². The number of carbonyl (C=O) groups excluding carboxylic acids is 2. The van der Waals surface area contributed by atoms with Crippen LogP contribution >= 0.6 is 0 Å². The van der Waals surface area contributed by atoms with Crippen molar-refractivity contribution >= 4 is 28.4 Å². The summed E-state index contributed by atoms with van der Waals surface area (Å²) in [5.74, 6) is -0.427. The van der Waals surface area contributed by atoms with Crippen LogP contribution in [-0.4, -0.2) is 46.8 Å². The van der Waals surface area contributed by atoms with E-state index < -0.39 is 11.4 Å². The highest BCUT2D eigenvalue weighted by Crippen LogP contribution is 2.50. The Kier molecular flexibility index (Phi) is 4.10. The molecule has 2 aliphatic rings. The molecule has 2 aromatic heterocycles. The second-order valence-electron chi connectivity index (χ2n) is 8.07. The summed E-state index contributed by atoms with van der Waals surface area (Å²) in [4.78, 5) is 37.0. The third-order valence-corrected chi connectivity index (χ3v) is 6.52. The second kappa shape index (κ2) is 6.58. The van der Waals surface area contributed by atoms with Gasteiger partial charge < -0.3 is 9.80 Å². The third kappa shape index (κ3) is 2.61. The fourth-order valence-electron chi connectivity index (χ4n) is 4.87. The van der Waals surface area contributed by atoms with E-state index in [4.69, 9.17) is 0 Å². The minimum absolute atomic E-state index is 0.0366. The number of hydrogen-bond acceptors (Lipinski definition) is 4. The molecule has 7 heteroatoms. The van der Waals surface area contributed by atoms with Gasteiger partial charge in [0.25, 0.3) is 0 Å². The van der Waals surface area contributed by atoms with Crippen LogP contribution < -0.4 is 4.90 Å². The lowest BCUT2D eigenvalue weighted by Crippen LogP contribution is -2.49. The smallest absolute Gasteiger partial charge is 0.237 e. The Morgan fingerprint density at radius 1 is 1.07 bits per heavy atom. The molecule has 0 saturated carbocycles.